The van der Waals surface area contributed by atoms with Crippen LogP contribution in [0.25, 0.3) is 0 Å². The summed E-state index contributed by atoms with van der Waals surface area (Å²) in [4.78, 5) is 4.20. The molecule has 0 aliphatic carbocycles. The van der Waals surface area contributed by atoms with E-state index in [-0.39, 0.29) is 0 Å². The van der Waals surface area contributed by atoms with Crippen LogP contribution in [0.15, 0.2) is 23.2 Å². The molecule has 1 aromatic carbocycles. The maximum atomic E-state index is 5.56. The normalized spacial score (nSPS) is 11.1. The monoisotopic (exact) mass is 279 g/mol. The molecule has 0 spiro atoms. The Bertz CT molecular complexity index is 433. The predicted octanol–water partition coefficient (Wildman–Crippen LogP) is 2.88. The maximum absolute atomic E-state index is 5.56. The predicted molar refractivity (Wildman–Crippen MR) is 84.1 cm³/mol. The molecule has 0 fully saturated rings. The first-order valence-electron chi connectivity index (χ1n) is 7.03. The summed E-state index contributed by atoms with van der Waals surface area (Å²) in [5, 5.41) is 6.51. The fourth-order valence-corrected chi connectivity index (χ4v) is 1.72. The molecule has 5 heteroatoms. The number of hydrogen-bond acceptors (Lipinski definition) is 3. The van der Waals surface area contributed by atoms with E-state index in [2.05, 4.69) is 22.5 Å². The van der Waals surface area contributed by atoms with E-state index in [9.17, 15) is 0 Å². The number of nitrogens with zero attached hydrogens (tertiary/aromatic N) is 1. The summed E-state index contributed by atoms with van der Waals surface area (Å²) >= 11 is 0. The quantitative estimate of drug-likeness (QED) is 0.458. The molecule has 0 saturated carbocycles. The van der Waals surface area contributed by atoms with Crippen molar-refractivity contribution in [2.24, 2.45) is 4.99 Å². The number of hydrogen-bond donors (Lipinski definition) is 2. The molecule has 0 radical (unpaired) electrons. The highest BCUT2D eigenvalue weighted by atomic mass is 16.5. The van der Waals surface area contributed by atoms with Crippen molar-refractivity contribution < 1.29 is 9.47 Å². The molecule has 5 nitrogen and oxygen atoms in total. The van der Waals surface area contributed by atoms with E-state index in [0.717, 1.165) is 42.5 Å². The highest BCUT2D eigenvalue weighted by Crippen LogP contribution is 2.30. The van der Waals surface area contributed by atoms with Crippen molar-refractivity contribution in [2.75, 3.05) is 32.6 Å². The molecule has 0 saturated heterocycles. The van der Waals surface area contributed by atoms with Gasteiger partial charge >= 0.3 is 0 Å². The van der Waals surface area contributed by atoms with Gasteiger partial charge in [-0.3, -0.25) is 4.99 Å². The highest BCUT2D eigenvalue weighted by Gasteiger charge is 2.06. The lowest BCUT2D eigenvalue weighted by Gasteiger charge is -2.14. The number of unbranched alkanes of at least 4 members (excludes halogenated alkanes) is 1. The van der Waals surface area contributed by atoms with Gasteiger partial charge in [-0.25, -0.2) is 0 Å². The summed E-state index contributed by atoms with van der Waals surface area (Å²) in [7, 11) is 3.39. The van der Waals surface area contributed by atoms with Gasteiger partial charge in [0.05, 0.1) is 13.7 Å². The molecule has 0 bridgehead atoms. The molecule has 1 aromatic rings. The van der Waals surface area contributed by atoms with Crippen molar-refractivity contribution >= 4 is 11.6 Å². The summed E-state index contributed by atoms with van der Waals surface area (Å²) in [6.45, 7) is 5.62. The van der Waals surface area contributed by atoms with Gasteiger partial charge in [-0.15, -0.1) is 0 Å². The van der Waals surface area contributed by atoms with E-state index >= 15 is 0 Å². The standard InChI is InChI=1S/C15H25N3O2/c1-5-7-10-17-15(16-3)18-12-8-9-13(19-4)14(11-12)20-6-2/h8-9,11H,5-7,10H2,1-4H3,(H2,16,17,18). The fraction of sp³-hybridized carbons (Fsp3) is 0.533. The molecule has 0 amide bonds. The Morgan fingerprint density at radius 2 is 2.05 bits per heavy atom. The summed E-state index contributed by atoms with van der Waals surface area (Å²) in [6.07, 6.45) is 2.27. The zero-order chi connectivity index (χ0) is 14.8. The summed E-state index contributed by atoms with van der Waals surface area (Å²) in [5.74, 6) is 2.21. The van der Waals surface area contributed by atoms with Crippen LogP contribution in [0.5, 0.6) is 11.5 Å². The number of ether oxygens (including phenoxy) is 2. The van der Waals surface area contributed by atoms with Gasteiger partial charge in [0.25, 0.3) is 0 Å². The number of methoxy groups -OCH3 is 1. The van der Waals surface area contributed by atoms with Crippen LogP contribution in [0.4, 0.5) is 5.69 Å². The topological polar surface area (TPSA) is 54.9 Å². The summed E-state index contributed by atoms with van der Waals surface area (Å²) < 4.78 is 10.8. The second kappa shape index (κ2) is 9.07. The third-order valence-corrected chi connectivity index (χ3v) is 2.77. The Hall–Kier alpha value is -1.91. The van der Waals surface area contributed by atoms with Crippen LogP contribution in [0.2, 0.25) is 0 Å². The Kier molecular flexibility index (Phi) is 7.32. The van der Waals surface area contributed by atoms with Crippen molar-refractivity contribution in [3.63, 3.8) is 0 Å². The Balaban J connectivity index is 2.73. The molecule has 0 aliphatic heterocycles. The molecule has 2 N–H and O–H groups in total. The smallest absolute Gasteiger partial charge is 0.195 e. The van der Waals surface area contributed by atoms with E-state index in [1.807, 2.05) is 25.1 Å². The first kappa shape index (κ1) is 16.1. The maximum Gasteiger partial charge on any atom is 0.195 e. The van der Waals surface area contributed by atoms with E-state index in [1.54, 1.807) is 14.2 Å². The van der Waals surface area contributed by atoms with E-state index < -0.39 is 0 Å². The minimum Gasteiger partial charge on any atom is -0.493 e. The van der Waals surface area contributed by atoms with Gasteiger partial charge in [-0.2, -0.15) is 0 Å². The minimum absolute atomic E-state index is 0.600. The van der Waals surface area contributed by atoms with E-state index in [1.165, 1.54) is 0 Å². The third-order valence-electron chi connectivity index (χ3n) is 2.77. The van der Waals surface area contributed by atoms with Crippen molar-refractivity contribution in [3.05, 3.63) is 18.2 Å². The van der Waals surface area contributed by atoms with Crippen LogP contribution >= 0.6 is 0 Å². The summed E-state index contributed by atoms with van der Waals surface area (Å²) in [6, 6.07) is 5.73. The Labute approximate surface area is 121 Å². The van der Waals surface area contributed by atoms with E-state index in [4.69, 9.17) is 9.47 Å². The van der Waals surface area contributed by atoms with Gasteiger partial charge in [0.1, 0.15) is 0 Å². The lowest BCUT2D eigenvalue weighted by molar-refractivity contribution is 0.311. The zero-order valence-corrected chi connectivity index (χ0v) is 12.8. The van der Waals surface area contributed by atoms with Crippen molar-refractivity contribution in [2.45, 2.75) is 26.7 Å². The largest absolute Gasteiger partial charge is 0.493 e. The first-order chi connectivity index (χ1) is 9.74. The van der Waals surface area contributed by atoms with Gasteiger partial charge in [-0.1, -0.05) is 13.3 Å². The number of anilines is 1. The average Bonchev–Trinajstić information content (AvgIpc) is 2.47. The van der Waals surface area contributed by atoms with Gasteiger partial charge in [0, 0.05) is 25.3 Å². The molecule has 1 rings (SSSR count). The van der Waals surface area contributed by atoms with Crippen LogP contribution in [0.3, 0.4) is 0 Å². The molecule has 0 unspecified atom stereocenters. The molecule has 20 heavy (non-hydrogen) atoms. The number of rotatable bonds is 7. The molecule has 0 aromatic heterocycles. The molecular formula is C15H25N3O2. The highest BCUT2D eigenvalue weighted by molar-refractivity contribution is 5.93. The van der Waals surface area contributed by atoms with Crippen molar-refractivity contribution in [1.82, 2.24) is 5.32 Å². The van der Waals surface area contributed by atoms with E-state index in [0.29, 0.717) is 6.61 Å². The van der Waals surface area contributed by atoms with Crippen molar-refractivity contribution in [3.8, 4) is 11.5 Å². The number of aliphatic imine (C=N–C) groups is 1. The van der Waals surface area contributed by atoms with Gasteiger partial charge in [0.15, 0.2) is 17.5 Å². The molecule has 0 heterocycles. The van der Waals surface area contributed by atoms with Crippen molar-refractivity contribution in [1.29, 1.82) is 0 Å². The molecule has 0 aliphatic rings. The average molecular weight is 279 g/mol. The summed E-state index contributed by atoms with van der Waals surface area (Å²) in [5.41, 5.74) is 0.916. The fourth-order valence-electron chi connectivity index (χ4n) is 1.72. The molecule has 112 valence electrons. The van der Waals surface area contributed by atoms with Gasteiger partial charge < -0.3 is 20.1 Å². The van der Waals surface area contributed by atoms with Crippen LogP contribution in [-0.4, -0.2) is 33.3 Å². The molecular weight excluding hydrogens is 254 g/mol. The SMILES string of the molecule is CCCCNC(=NC)Nc1ccc(OC)c(OCC)c1. The van der Waals surface area contributed by atoms with Crippen LogP contribution in [0, 0.1) is 0 Å². The Morgan fingerprint density at radius 3 is 2.65 bits per heavy atom. The lowest BCUT2D eigenvalue weighted by atomic mass is 10.2. The minimum atomic E-state index is 0.600. The zero-order valence-electron chi connectivity index (χ0n) is 12.8. The second-order valence-corrected chi connectivity index (χ2v) is 4.28. The first-order valence-corrected chi connectivity index (χ1v) is 7.03. The number of nitrogens with one attached hydrogen (secondary N) is 2. The lowest BCUT2D eigenvalue weighted by Crippen LogP contribution is -2.31. The van der Waals surface area contributed by atoms with Crippen LogP contribution in [-0.2, 0) is 0 Å². The molecule has 0 atom stereocenters. The van der Waals surface area contributed by atoms with Crippen LogP contribution < -0.4 is 20.1 Å². The second-order valence-electron chi connectivity index (χ2n) is 4.28. The van der Waals surface area contributed by atoms with Crippen LogP contribution in [0.1, 0.15) is 26.7 Å². The van der Waals surface area contributed by atoms with Gasteiger partial charge in [0.2, 0.25) is 0 Å². The number of guanidine groups is 1. The van der Waals surface area contributed by atoms with Gasteiger partial charge in [-0.05, 0) is 25.5 Å². The third kappa shape index (κ3) is 4.99. The number of benzene rings is 1. The Morgan fingerprint density at radius 1 is 1.25 bits per heavy atom.